The largest absolute Gasteiger partial charge is 0.478 e. The van der Waals surface area contributed by atoms with Crippen LogP contribution in [-0.4, -0.2) is 27.9 Å². The summed E-state index contributed by atoms with van der Waals surface area (Å²) in [6.07, 6.45) is 0.149. The van der Waals surface area contributed by atoms with Crippen molar-refractivity contribution in [3.8, 4) is 0 Å². The molecule has 0 aliphatic rings. The fourth-order valence-corrected chi connectivity index (χ4v) is 5.94. The van der Waals surface area contributed by atoms with Gasteiger partial charge in [0.05, 0.1) is 21.4 Å². The Morgan fingerprint density at radius 1 is 1.06 bits per heavy atom. The summed E-state index contributed by atoms with van der Waals surface area (Å²) >= 11 is 12.9. The zero-order valence-electron chi connectivity index (χ0n) is 15.5. The standard InChI is InChI=1S/C17H14Cl2N2O7S3/c1-2-14-9(17(22)23)6-15(28-14)30(24,25)20-12-7-10(18)11(19)8-13(12)21-31(26,27)16-4-3-5-29-16/h3-8,20-21H,2H2,1H3,(H,22,23). The Bertz CT molecular complexity index is 1350. The molecule has 2 aromatic heterocycles. The first-order valence-corrected chi connectivity index (χ1v) is 13.0. The Hall–Kier alpha value is -2.25. The quantitative estimate of drug-likeness (QED) is 0.393. The molecule has 2 heterocycles. The molecular formula is C17H14Cl2N2O7S3. The van der Waals surface area contributed by atoms with Gasteiger partial charge in [0.25, 0.3) is 20.0 Å². The molecule has 0 bridgehead atoms. The minimum absolute atomic E-state index is 0.00268. The molecule has 0 unspecified atom stereocenters. The van der Waals surface area contributed by atoms with Crippen molar-refractivity contribution < 1.29 is 31.2 Å². The molecule has 3 N–H and O–H groups in total. The fourth-order valence-electron chi connectivity index (χ4n) is 2.50. The molecule has 31 heavy (non-hydrogen) atoms. The minimum atomic E-state index is -4.43. The van der Waals surface area contributed by atoms with Crippen molar-refractivity contribution in [2.24, 2.45) is 0 Å². The molecule has 166 valence electrons. The van der Waals surface area contributed by atoms with Crippen LogP contribution in [0.25, 0.3) is 0 Å². The van der Waals surface area contributed by atoms with Crippen LogP contribution >= 0.6 is 34.5 Å². The lowest BCUT2D eigenvalue weighted by atomic mass is 10.2. The van der Waals surface area contributed by atoms with Gasteiger partial charge in [0.15, 0.2) is 0 Å². The number of carbonyl (C=O) groups is 1. The van der Waals surface area contributed by atoms with E-state index in [0.717, 1.165) is 29.5 Å². The number of thiophene rings is 1. The Labute approximate surface area is 191 Å². The molecule has 0 aliphatic heterocycles. The lowest BCUT2D eigenvalue weighted by Crippen LogP contribution is -2.17. The number of aryl methyl sites for hydroxylation is 1. The highest BCUT2D eigenvalue weighted by molar-refractivity contribution is 7.94. The first-order valence-electron chi connectivity index (χ1n) is 8.38. The third-order valence-corrected chi connectivity index (χ3v) is 8.62. The van der Waals surface area contributed by atoms with Gasteiger partial charge in [-0.15, -0.1) is 11.3 Å². The molecule has 3 aromatic rings. The number of nitrogens with one attached hydrogen (secondary N) is 2. The molecule has 9 nitrogen and oxygen atoms in total. The Balaban J connectivity index is 2.03. The fraction of sp³-hybridized carbons (Fsp3) is 0.118. The van der Waals surface area contributed by atoms with Crippen LogP contribution in [-0.2, 0) is 26.5 Å². The molecular weight excluding hydrogens is 511 g/mol. The SMILES string of the molecule is CCc1oc(S(=O)(=O)Nc2cc(Cl)c(Cl)cc2NS(=O)(=O)c2cccs2)cc1C(=O)O. The zero-order valence-corrected chi connectivity index (χ0v) is 19.5. The summed E-state index contributed by atoms with van der Waals surface area (Å²) in [5.74, 6) is -1.37. The van der Waals surface area contributed by atoms with Crippen LogP contribution in [0.3, 0.4) is 0 Å². The lowest BCUT2D eigenvalue weighted by molar-refractivity contribution is 0.0694. The number of carboxylic acids is 1. The number of furan rings is 1. The number of hydrogen-bond acceptors (Lipinski definition) is 7. The molecule has 14 heteroatoms. The van der Waals surface area contributed by atoms with Gasteiger partial charge in [0, 0.05) is 12.5 Å². The summed E-state index contributed by atoms with van der Waals surface area (Å²) < 4.78 is 60.4. The number of hydrogen-bond donors (Lipinski definition) is 3. The summed E-state index contributed by atoms with van der Waals surface area (Å²) in [6.45, 7) is 1.60. The average Bonchev–Trinajstić information content (AvgIpc) is 3.35. The maximum absolute atomic E-state index is 12.8. The van der Waals surface area contributed by atoms with Crippen molar-refractivity contribution in [2.45, 2.75) is 22.6 Å². The highest BCUT2D eigenvalue weighted by Gasteiger charge is 2.27. The van der Waals surface area contributed by atoms with E-state index in [1.54, 1.807) is 18.4 Å². The van der Waals surface area contributed by atoms with Crippen LogP contribution in [0.2, 0.25) is 10.0 Å². The van der Waals surface area contributed by atoms with Gasteiger partial charge in [0.1, 0.15) is 15.5 Å². The Morgan fingerprint density at radius 2 is 1.65 bits per heavy atom. The monoisotopic (exact) mass is 524 g/mol. The van der Waals surface area contributed by atoms with E-state index in [9.17, 15) is 26.7 Å². The van der Waals surface area contributed by atoms with Gasteiger partial charge in [-0.2, -0.15) is 8.42 Å². The van der Waals surface area contributed by atoms with E-state index in [2.05, 4.69) is 9.44 Å². The summed E-state index contributed by atoms with van der Waals surface area (Å²) in [7, 11) is -8.46. The van der Waals surface area contributed by atoms with E-state index in [1.165, 1.54) is 6.07 Å². The molecule has 0 atom stereocenters. The number of anilines is 2. The average molecular weight is 525 g/mol. The number of halogens is 2. The van der Waals surface area contributed by atoms with Gasteiger partial charge in [-0.05, 0) is 23.6 Å². The summed E-state index contributed by atoms with van der Waals surface area (Å²) in [6, 6.07) is 6.05. The molecule has 0 radical (unpaired) electrons. The molecule has 0 aliphatic carbocycles. The number of benzene rings is 1. The highest BCUT2D eigenvalue weighted by atomic mass is 35.5. The second-order valence-corrected chi connectivity index (χ2v) is 11.3. The van der Waals surface area contributed by atoms with E-state index in [-0.39, 0.29) is 43.4 Å². The van der Waals surface area contributed by atoms with Gasteiger partial charge in [0.2, 0.25) is 5.09 Å². The second-order valence-electron chi connectivity index (χ2n) is 6.02. The van der Waals surface area contributed by atoms with Crippen molar-refractivity contribution in [1.82, 2.24) is 0 Å². The van der Waals surface area contributed by atoms with Crippen LogP contribution in [0.15, 0.2) is 49.4 Å². The van der Waals surface area contributed by atoms with Crippen LogP contribution < -0.4 is 9.44 Å². The van der Waals surface area contributed by atoms with Gasteiger partial charge in [-0.1, -0.05) is 36.2 Å². The normalized spacial score (nSPS) is 12.0. The second kappa shape index (κ2) is 8.71. The van der Waals surface area contributed by atoms with Gasteiger partial charge in [-0.25, -0.2) is 13.2 Å². The van der Waals surface area contributed by atoms with E-state index < -0.39 is 31.1 Å². The van der Waals surface area contributed by atoms with Crippen molar-refractivity contribution in [3.05, 3.63) is 57.1 Å². The Kier molecular flexibility index (Phi) is 6.58. The molecule has 0 saturated carbocycles. The van der Waals surface area contributed by atoms with Crippen LogP contribution in [0.1, 0.15) is 23.0 Å². The number of aromatic carboxylic acids is 1. The van der Waals surface area contributed by atoms with Crippen LogP contribution in [0.4, 0.5) is 11.4 Å². The number of sulfonamides is 2. The first kappa shape index (κ1) is 23.4. The van der Waals surface area contributed by atoms with Crippen LogP contribution in [0.5, 0.6) is 0 Å². The summed E-state index contributed by atoms with van der Waals surface area (Å²) in [5.41, 5.74) is -0.719. The third-order valence-electron chi connectivity index (χ3n) is 3.91. The topological polar surface area (TPSA) is 143 Å². The minimum Gasteiger partial charge on any atom is -0.478 e. The smallest absolute Gasteiger partial charge is 0.339 e. The zero-order chi connectivity index (χ0) is 23.0. The molecule has 1 aromatic carbocycles. The predicted molar refractivity (Wildman–Crippen MR) is 117 cm³/mol. The molecule has 0 saturated heterocycles. The van der Waals surface area contributed by atoms with E-state index in [1.807, 2.05) is 0 Å². The summed E-state index contributed by atoms with van der Waals surface area (Å²) in [5, 5.41) is 10.1. The first-order chi connectivity index (χ1) is 14.4. The highest BCUT2D eigenvalue weighted by Crippen LogP contribution is 2.36. The lowest BCUT2D eigenvalue weighted by Gasteiger charge is -2.14. The predicted octanol–water partition coefficient (Wildman–Crippen LogP) is 4.51. The molecule has 3 rings (SSSR count). The molecule has 0 spiro atoms. The number of carboxylic acid groups (broad SMARTS) is 1. The van der Waals surface area contributed by atoms with E-state index in [0.29, 0.717) is 0 Å². The van der Waals surface area contributed by atoms with E-state index in [4.69, 9.17) is 27.6 Å². The maximum Gasteiger partial charge on any atom is 0.339 e. The Morgan fingerprint density at radius 3 is 2.10 bits per heavy atom. The third kappa shape index (κ3) is 4.99. The van der Waals surface area contributed by atoms with Crippen LogP contribution in [0, 0.1) is 0 Å². The van der Waals surface area contributed by atoms with Crippen molar-refractivity contribution >= 4 is 71.9 Å². The van der Waals surface area contributed by atoms with Crippen molar-refractivity contribution in [2.75, 3.05) is 9.44 Å². The van der Waals surface area contributed by atoms with Crippen molar-refractivity contribution in [1.29, 1.82) is 0 Å². The maximum atomic E-state index is 12.8. The molecule has 0 amide bonds. The van der Waals surface area contributed by atoms with Gasteiger partial charge < -0.3 is 9.52 Å². The number of rotatable bonds is 8. The van der Waals surface area contributed by atoms with Gasteiger partial charge >= 0.3 is 5.97 Å². The summed E-state index contributed by atoms with van der Waals surface area (Å²) in [4.78, 5) is 11.3. The molecule has 0 fully saturated rings. The van der Waals surface area contributed by atoms with Gasteiger partial charge in [-0.3, -0.25) is 9.44 Å². The van der Waals surface area contributed by atoms with Crippen molar-refractivity contribution in [3.63, 3.8) is 0 Å². The van der Waals surface area contributed by atoms with E-state index >= 15 is 0 Å².